The average Bonchev–Trinajstić information content (AvgIpc) is 3.14. The molecule has 1 aliphatic rings. The Kier molecular flexibility index (Phi) is 19.8. The maximum atomic E-state index is 3.82. The summed E-state index contributed by atoms with van der Waals surface area (Å²) >= 11 is 31.2. The zero-order valence-corrected chi connectivity index (χ0v) is 49.9. The number of hydrogen-bond donors (Lipinski definition) is 0. The van der Waals surface area contributed by atoms with Gasteiger partial charge in [-0.15, -0.1) is 47.0 Å². The lowest BCUT2D eigenvalue weighted by atomic mass is 9.87. The van der Waals surface area contributed by atoms with Gasteiger partial charge in [-0.1, -0.05) is 194 Å². The normalized spacial score (nSPS) is 13.9. The van der Waals surface area contributed by atoms with Crippen LogP contribution in [0.4, 0.5) is 0 Å². The molecule has 1 heterocycles. The summed E-state index contributed by atoms with van der Waals surface area (Å²) in [6.45, 7) is 28.4. The van der Waals surface area contributed by atoms with Crippen LogP contribution in [-0.2, 0) is 21.7 Å². The van der Waals surface area contributed by atoms with Crippen LogP contribution < -0.4 is 0 Å². The highest BCUT2D eigenvalue weighted by molar-refractivity contribution is 9.09. The van der Waals surface area contributed by atoms with E-state index in [0.717, 1.165) is 44.3 Å². The molecule has 0 saturated carbocycles. The molecule has 0 N–H and O–H groups in total. The van der Waals surface area contributed by atoms with Gasteiger partial charge in [0, 0.05) is 103 Å². The van der Waals surface area contributed by atoms with Gasteiger partial charge in [-0.3, -0.25) is 0 Å². The minimum absolute atomic E-state index is 0.0234. The largest absolute Gasteiger partial charge is 0.123 e. The van der Waals surface area contributed by atoms with Crippen LogP contribution in [0, 0.1) is 0 Å². The molecule has 0 spiro atoms. The molecule has 0 amide bonds. The van der Waals surface area contributed by atoms with Crippen molar-refractivity contribution < 1.29 is 0 Å². The van der Waals surface area contributed by atoms with Crippen molar-refractivity contribution in [3.63, 3.8) is 0 Å². The smallest absolute Gasteiger partial charge is 0.0352 e. The maximum Gasteiger partial charge on any atom is 0.0352 e. The third-order valence-corrected chi connectivity index (χ3v) is 23.3. The van der Waals surface area contributed by atoms with Crippen molar-refractivity contribution >= 4 is 158 Å². The van der Waals surface area contributed by atoms with Gasteiger partial charge in [-0.05, 0) is 92.4 Å². The van der Waals surface area contributed by atoms with E-state index in [1.54, 1.807) is 0 Å². The lowest BCUT2D eigenvalue weighted by molar-refractivity contribution is 0.584. The second-order valence-corrected chi connectivity index (χ2v) is 30.7. The summed E-state index contributed by atoms with van der Waals surface area (Å²) in [6, 6.07) is 20.2. The zero-order valence-electron chi connectivity index (χ0n) is 37.1. The third kappa shape index (κ3) is 13.8. The minimum atomic E-state index is -0.0234. The van der Waals surface area contributed by atoms with E-state index in [1.807, 2.05) is 94.1 Å². The van der Waals surface area contributed by atoms with Gasteiger partial charge < -0.3 is 0 Å². The Morgan fingerprint density at radius 3 is 0.583 bits per heavy atom. The molecule has 4 aromatic carbocycles. The van der Waals surface area contributed by atoms with E-state index in [2.05, 4.69) is 195 Å². The molecule has 60 heavy (non-hydrogen) atoms. The monoisotopic (exact) mass is 1210 g/mol. The number of hydrogen-bond acceptors (Lipinski definition) is 8. The van der Waals surface area contributed by atoms with Crippen LogP contribution in [-0.4, -0.2) is 44.3 Å². The summed E-state index contributed by atoms with van der Waals surface area (Å²) < 4.78 is 0. The van der Waals surface area contributed by atoms with Gasteiger partial charge in [0.25, 0.3) is 0 Å². The fourth-order valence-corrected chi connectivity index (χ4v) is 17.7. The molecule has 0 unspecified atom stereocenters. The molecule has 5 rings (SSSR count). The maximum absolute atomic E-state index is 3.82. The predicted molar refractivity (Wildman–Crippen MR) is 295 cm³/mol. The molecule has 0 atom stereocenters. The number of halogens is 4. The minimum Gasteiger partial charge on any atom is -0.123 e. The van der Waals surface area contributed by atoms with Crippen molar-refractivity contribution in [2.75, 3.05) is 44.3 Å². The van der Waals surface area contributed by atoms with Crippen molar-refractivity contribution in [3.05, 3.63) is 70.8 Å². The number of alkyl halides is 4. The standard InChI is InChI=1S/C48H60Br4S8/c1-45(2,3)29-21-33-41(53-17-13-49)34(22-29)58-36-24-31(47(7,8)9)26-38(43(36)55-19-15-51)60-40-28-32(48(10,11)12)27-39(44(40)56-20-16-52)59-37-25-30(46(4,5)6)23-35(57-33)42(37)54-18-14-50/h21-28H,13-20H2,1-12H3. The van der Waals surface area contributed by atoms with Gasteiger partial charge >= 0.3 is 0 Å². The summed E-state index contributed by atoms with van der Waals surface area (Å²) in [7, 11) is 0. The van der Waals surface area contributed by atoms with Gasteiger partial charge in [0.1, 0.15) is 0 Å². The van der Waals surface area contributed by atoms with Gasteiger partial charge in [0.15, 0.2) is 0 Å². The van der Waals surface area contributed by atoms with Crippen molar-refractivity contribution in [1.29, 1.82) is 0 Å². The van der Waals surface area contributed by atoms with E-state index in [9.17, 15) is 0 Å². The average molecular weight is 1210 g/mol. The van der Waals surface area contributed by atoms with Crippen LogP contribution >= 0.6 is 158 Å². The summed E-state index contributed by atoms with van der Waals surface area (Å²) in [6.07, 6.45) is 0. The molecular weight excluding hydrogens is 1150 g/mol. The molecule has 12 heteroatoms. The Bertz CT molecular complexity index is 1730. The first-order chi connectivity index (χ1) is 28.1. The van der Waals surface area contributed by atoms with E-state index in [1.165, 1.54) is 81.0 Å². The second-order valence-electron chi connectivity index (χ2n) is 18.8. The van der Waals surface area contributed by atoms with Gasteiger partial charge in [0.05, 0.1) is 0 Å². The highest BCUT2D eigenvalue weighted by Crippen LogP contribution is 2.55. The van der Waals surface area contributed by atoms with Crippen LogP contribution in [0.2, 0.25) is 0 Å². The van der Waals surface area contributed by atoms with Gasteiger partial charge in [-0.2, -0.15) is 0 Å². The highest BCUT2D eigenvalue weighted by atomic mass is 79.9. The lowest BCUT2D eigenvalue weighted by Gasteiger charge is -2.28. The molecule has 0 nitrogen and oxygen atoms in total. The first-order valence-electron chi connectivity index (χ1n) is 20.3. The molecular formula is C48H60Br4S8. The molecule has 4 aromatic rings. The second kappa shape index (κ2) is 22.6. The van der Waals surface area contributed by atoms with Crippen LogP contribution in [0.15, 0.2) is 107 Å². The first kappa shape index (κ1) is 52.6. The van der Waals surface area contributed by atoms with Gasteiger partial charge in [-0.25, -0.2) is 0 Å². The predicted octanol–water partition coefficient (Wildman–Crippen LogP) is 19.7. The summed E-state index contributed by atoms with van der Waals surface area (Å²) in [5.41, 5.74) is 5.42. The van der Waals surface area contributed by atoms with Crippen LogP contribution in [0.5, 0.6) is 0 Å². The molecule has 0 saturated heterocycles. The fourth-order valence-electron chi connectivity index (χ4n) is 6.25. The molecule has 0 fully saturated rings. The number of benzene rings is 4. The number of thioether (sulfide) groups is 4. The van der Waals surface area contributed by atoms with Crippen LogP contribution in [0.3, 0.4) is 0 Å². The number of rotatable bonds is 12. The van der Waals surface area contributed by atoms with Gasteiger partial charge in [0.2, 0.25) is 0 Å². The molecule has 0 aliphatic carbocycles. The highest BCUT2D eigenvalue weighted by Gasteiger charge is 2.29. The third-order valence-electron chi connectivity index (χ3n) is 9.72. The molecule has 1 aliphatic heterocycles. The Morgan fingerprint density at radius 2 is 0.467 bits per heavy atom. The first-order valence-corrected chi connectivity index (χ1v) is 32.0. The van der Waals surface area contributed by atoms with E-state index >= 15 is 0 Å². The topological polar surface area (TPSA) is 0 Å². The van der Waals surface area contributed by atoms with Crippen molar-refractivity contribution in [3.8, 4) is 0 Å². The Morgan fingerprint density at radius 1 is 0.317 bits per heavy atom. The zero-order chi connectivity index (χ0) is 44.2. The van der Waals surface area contributed by atoms with E-state index < -0.39 is 0 Å². The van der Waals surface area contributed by atoms with Crippen molar-refractivity contribution in [2.24, 2.45) is 0 Å². The van der Waals surface area contributed by atoms with E-state index in [4.69, 9.17) is 0 Å². The van der Waals surface area contributed by atoms with E-state index in [-0.39, 0.29) is 21.7 Å². The molecule has 328 valence electrons. The van der Waals surface area contributed by atoms with Crippen molar-refractivity contribution in [1.82, 2.24) is 0 Å². The molecule has 0 aromatic heterocycles. The fraction of sp³-hybridized carbons (Fsp3) is 0.500. The summed E-state index contributed by atoms with van der Waals surface area (Å²) in [5, 5.41) is 3.76. The SMILES string of the molecule is CC(C)(C)c1cc2c(SCCBr)c(c1)Sc1cc(C(C)(C)C)cc(c1SCCBr)Sc1cc(C(C)(C)C)cc(c1SCCBr)Sc1cc(C(C)(C)C)cc(c1SCCBr)S2. The Hall–Kier alpha value is 1.60. The quantitative estimate of drug-likeness (QED) is 0.0884. The Balaban J connectivity index is 2.02. The summed E-state index contributed by atoms with van der Waals surface area (Å²) in [5.74, 6) is 3.99. The van der Waals surface area contributed by atoms with Crippen LogP contribution in [0.1, 0.15) is 105 Å². The Labute approximate surface area is 431 Å². The lowest BCUT2D eigenvalue weighted by Crippen LogP contribution is -2.13. The van der Waals surface area contributed by atoms with Crippen molar-refractivity contribution in [2.45, 2.75) is 163 Å². The number of fused-ring (bicyclic) bond motifs is 8. The summed E-state index contributed by atoms with van der Waals surface area (Å²) in [4.78, 5) is 16.4. The molecule has 8 bridgehead atoms. The van der Waals surface area contributed by atoms with E-state index in [0.29, 0.717) is 0 Å². The molecule has 0 radical (unpaired) electrons. The van der Waals surface area contributed by atoms with Crippen LogP contribution in [0.25, 0.3) is 0 Å².